The molecule has 0 fully saturated rings. The molecule has 2 rings (SSSR count). The first-order chi connectivity index (χ1) is 11.5. The number of rotatable bonds is 6. The fourth-order valence-corrected chi connectivity index (χ4v) is 2.30. The number of ether oxygens (including phenoxy) is 1. The number of H-pyrrole nitrogens is 1. The van der Waals surface area contributed by atoms with E-state index < -0.39 is 0 Å². The largest absolute Gasteiger partial charge is 0.484 e. The Morgan fingerprint density at radius 3 is 2.46 bits per heavy atom. The van der Waals surface area contributed by atoms with Gasteiger partial charge in [0, 0.05) is 19.7 Å². The molecule has 0 radical (unpaired) electrons. The fraction of sp³-hybridized carbons (Fsp3) is 0.333. The summed E-state index contributed by atoms with van der Waals surface area (Å²) in [6, 6.07) is 9.53. The number of carbonyl (C=O) groups excluding carboxylic acids is 2. The van der Waals surface area contributed by atoms with Crippen molar-refractivity contribution in [3.05, 3.63) is 52.8 Å². The zero-order chi connectivity index (χ0) is 17.7. The molecule has 1 aromatic heterocycles. The van der Waals surface area contributed by atoms with E-state index in [1.807, 2.05) is 45.0 Å². The molecule has 0 saturated heterocycles. The van der Waals surface area contributed by atoms with Gasteiger partial charge in [0.1, 0.15) is 17.5 Å². The average molecular weight is 329 g/mol. The standard InChI is InChI=1S/C18H23N3O3/c1-5-20-17(22)14-10-15(16(21-14)18(23)19-4)24-12(3)13-8-6-11(2)7-9-13/h6-10,12,21H,5H2,1-4H3,(H,19,23)(H,20,22). The predicted octanol–water partition coefficient (Wildman–Crippen LogP) is 2.57. The first-order valence-electron chi connectivity index (χ1n) is 7.92. The topological polar surface area (TPSA) is 83.2 Å². The van der Waals surface area contributed by atoms with E-state index in [-0.39, 0.29) is 23.6 Å². The lowest BCUT2D eigenvalue weighted by Gasteiger charge is -2.15. The summed E-state index contributed by atoms with van der Waals surface area (Å²) < 4.78 is 5.93. The number of aryl methyl sites for hydroxylation is 1. The zero-order valence-corrected chi connectivity index (χ0v) is 14.4. The molecule has 3 N–H and O–H groups in total. The number of hydrogen-bond acceptors (Lipinski definition) is 3. The van der Waals surface area contributed by atoms with Gasteiger partial charge in [-0.3, -0.25) is 9.59 Å². The van der Waals surface area contributed by atoms with E-state index in [1.54, 1.807) is 6.07 Å². The highest BCUT2D eigenvalue weighted by Gasteiger charge is 2.21. The van der Waals surface area contributed by atoms with E-state index in [0.717, 1.165) is 11.1 Å². The lowest BCUT2D eigenvalue weighted by Crippen LogP contribution is -2.23. The molecule has 2 aromatic rings. The Kier molecular flexibility index (Phi) is 5.63. The summed E-state index contributed by atoms with van der Waals surface area (Å²) in [5.41, 5.74) is 2.68. The molecule has 128 valence electrons. The summed E-state index contributed by atoms with van der Waals surface area (Å²) in [4.78, 5) is 26.9. The third-order valence-corrected chi connectivity index (χ3v) is 3.67. The summed E-state index contributed by atoms with van der Waals surface area (Å²) in [7, 11) is 1.53. The third kappa shape index (κ3) is 3.95. The molecule has 1 atom stereocenters. The van der Waals surface area contributed by atoms with Crippen LogP contribution < -0.4 is 15.4 Å². The van der Waals surface area contributed by atoms with Crippen molar-refractivity contribution >= 4 is 11.8 Å². The van der Waals surface area contributed by atoms with E-state index in [1.165, 1.54) is 7.05 Å². The minimum atomic E-state index is -0.336. The van der Waals surface area contributed by atoms with Crippen LogP contribution in [-0.4, -0.2) is 30.4 Å². The summed E-state index contributed by atoms with van der Waals surface area (Å²) >= 11 is 0. The zero-order valence-electron chi connectivity index (χ0n) is 14.4. The molecule has 0 aliphatic heterocycles. The maximum atomic E-state index is 12.0. The highest BCUT2D eigenvalue weighted by Crippen LogP contribution is 2.26. The van der Waals surface area contributed by atoms with Crippen LogP contribution in [0.2, 0.25) is 0 Å². The van der Waals surface area contributed by atoms with Crippen LogP contribution in [0.25, 0.3) is 0 Å². The van der Waals surface area contributed by atoms with Crippen molar-refractivity contribution < 1.29 is 14.3 Å². The molecular formula is C18H23N3O3. The number of aromatic amines is 1. The van der Waals surface area contributed by atoms with Crippen molar-refractivity contribution in [1.82, 2.24) is 15.6 Å². The predicted molar refractivity (Wildman–Crippen MR) is 92.4 cm³/mol. The fourth-order valence-electron chi connectivity index (χ4n) is 2.30. The van der Waals surface area contributed by atoms with Gasteiger partial charge in [-0.2, -0.15) is 0 Å². The second kappa shape index (κ2) is 7.68. The van der Waals surface area contributed by atoms with Crippen molar-refractivity contribution in [3.63, 3.8) is 0 Å². The van der Waals surface area contributed by atoms with Crippen LogP contribution >= 0.6 is 0 Å². The number of aromatic nitrogens is 1. The number of amides is 2. The molecule has 1 unspecified atom stereocenters. The van der Waals surface area contributed by atoms with E-state index in [4.69, 9.17) is 4.74 Å². The average Bonchev–Trinajstić information content (AvgIpc) is 2.99. The van der Waals surface area contributed by atoms with Gasteiger partial charge in [0.15, 0.2) is 5.75 Å². The molecule has 0 aliphatic rings. The van der Waals surface area contributed by atoms with Gasteiger partial charge in [-0.05, 0) is 26.3 Å². The second-order valence-corrected chi connectivity index (χ2v) is 5.53. The molecule has 2 amide bonds. The minimum absolute atomic E-state index is 0.234. The van der Waals surface area contributed by atoms with Crippen LogP contribution in [0, 0.1) is 6.92 Å². The Labute approximate surface area is 141 Å². The molecule has 0 aliphatic carbocycles. The summed E-state index contributed by atoms with van der Waals surface area (Å²) in [6.45, 7) is 6.25. The van der Waals surface area contributed by atoms with E-state index in [9.17, 15) is 9.59 Å². The normalized spacial score (nSPS) is 11.7. The molecule has 1 heterocycles. The number of hydrogen-bond donors (Lipinski definition) is 3. The van der Waals surface area contributed by atoms with Crippen molar-refractivity contribution in [2.24, 2.45) is 0 Å². The first-order valence-corrected chi connectivity index (χ1v) is 7.92. The van der Waals surface area contributed by atoms with Crippen molar-refractivity contribution in [1.29, 1.82) is 0 Å². The quantitative estimate of drug-likeness (QED) is 0.761. The third-order valence-electron chi connectivity index (χ3n) is 3.67. The lowest BCUT2D eigenvalue weighted by atomic mass is 10.1. The SMILES string of the molecule is CCNC(=O)c1cc(OC(C)c2ccc(C)cc2)c(C(=O)NC)[nH]1. The Morgan fingerprint density at radius 1 is 1.21 bits per heavy atom. The van der Waals surface area contributed by atoms with Crippen molar-refractivity contribution in [2.45, 2.75) is 26.9 Å². The maximum Gasteiger partial charge on any atom is 0.271 e. The Morgan fingerprint density at radius 2 is 1.88 bits per heavy atom. The van der Waals surface area contributed by atoms with Gasteiger partial charge in [-0.1, -0.05) is 29.8 Å². The van der Waals surface area contributed by atoms with Crippen LogP contribution in [0.3, 0.4) is 0 Å². The molecule has 6 heteroatoms. The first kappa shape index (κ1) is 17.6. The van der Waals surface area contributed by atoms with Gasteiger partial charge in [-0.25, -0.2) is 0 Å². The number of benzene rings is 1. The molecule has 0 bridgehead atoms. The van der Waals surface area contributed by atoms with E-state index in [2.05, 4.69) is 15.6 Å². The van der Waals surface area contributed by atoms with Gasteiger partial charge in [-0.15, -0.1) is 0 Å². The Bertz CT molecular complexity index is 720. The maximum absolute atomic E-state index is 12.0. The molecule has 24 heavy (non-hydrogen) atoms. The van der Waals surface area contributed by atoms with Crippen LogP contribution in [0.15, 0.2) is 30.3 Å². The Balaban J connectivity index is 2.28. The number of nitrogens with one attached hydrogen (secondary N) is 3. The van der Waals surface area contributed by atoms with E-state index >= 15 is 0 Å². The monoisotopic (exact) mass is 329 g/mol. The Hall–Kier alpha value is -2.76. The lowest BCUT2D eigenvalue weighted by molar-refractivity contribution is 0.0951. The van der Waals surface area contributed by atoms with Crippen LogP contribution in [0.5, 0.6) is 5.75 Å². The van der Waals surface area contributed by atoms with E-state index in [0.29, 0.717) is 18.0 Å². The van der Waals surface area contributed by atoms with Gasteiger partial charge in [0.25, 0.3) is 11.8 Å². The summed E-state index contributed by atoms with van der Waals surface area (Å²) in [5, 5.41) is 5.24. The van der Waals surface area contributed by atoms with Gasteiger partial charge < -0.3 is 20.4 Å². The highest BCUT2D eigenvalue weighted by molar-refractivity contribution is 5.99. The van der Waals surface area contributed by atoms with Gasteiger partial charge in [0.05, 0.1) is 0 Å². The highest BCUT2D eigenvalue weighted by atomic mass is 16.5. The molecular weight excluding hydrogens is 306 g/mol. The summed E-state index contributed by atoms with van der Waals surface area (Å²) in [6.07, 6.45) is -0.258. The molecule has 0 spiro atoms. The van der Waals surface area contributed by atoms with Crippen molar-refractivity contribution in [2.75, 3.05) is 13.6 Å². The van der Waals surface area contributed by atoms with Crippen LogP contribution in [0.1, 0.15) is 52.1 Å². The summed E-state index contributed by atoms with van der Waals surface area (Å²) in [5.74, 6) is -0.263. The van der Waals surface area contributed by atoms with Gasteiger partial charge >= 0.3 is 0 Å². The van der Waals surface area contributed by atoms with Crippen molar-refractivity contribution in [3.8, 4) is 5.75 Å². The second-order valence-electron chi connectivity index (χ2n) is 5.53. The molecule has 1 aromatic carbocycles. The molecule has 0 saturated carbocycles. The number of carbonyl (C=O) groups is 2. The molecule has 6 nitrogen and oxygen atoms in total. The van der Waals surface area contributed by atoms with Crippen LogP contribution in [0.4, 0.5) is 0 Å². The smallest absolute Gasteiger partial charge is 0.271 e. The van der Waals surface area contributed by atoms with Gasteiger partial charge in [0.2, 0.25) is 0 Å². The minimum Gasteiger partial charge on any atom is -0.484 e. The van der Waals surface area contributed by atoms with Crippen LogP contribution in [-0.2, 0) is 0 Å².